The SMILES string of the molecule is COCCCS(=O)(=O)NCc1ccc(O)cc1. The summed E-state index contributed by atoms with van der Waals surface area (Å²) >= 11 is 0. The lowest BCUT2D eigenvalue weighted by Crippen LogP contribution is -2.26. The lowest BCUT2D eigenvalue weighted by Gasteiger charge is -2.06. The van der Waals surface area contributed by atoms with Gasteiger partial charge in [-0.1, -0.05) is 12.1 Å². The van der Waals surface area contributed by atoms with Gasteiger partial charge in [0, 0.05) is 20.3 Å². The van der Waals surface area contributed by atoms with Crippen LogP contribution in [0.25, 0.3) is 0 Å². The number of phenolic OH excluding ortho intramolecular Hbond substituents is 1. The Morgan fingerprint density at radius 2 is 1.94 bits per heavy atom. The third kappa shape index (κ3) is 5.67. The van der Waals surface area contributed by atoms with Crippen LogP contribution in [0.1, 0.15) is 12.0 Å². The monoisotopic (exact) mass is 259 g/mol. The first-order valence-corrected chi connectivity index (χ1v) is 6.93. The standard InChI is InChI=1S/C11H17NO4S/c1-16-7-2-8-17(14,15)12-9-10-3-5-11(13)6-4-10/h3-6,12-13H,2,7-9H2,1H3. The molecule has 0 aromatic heterocycles. The number of ether oxygens (including phenoxy) is 1. The van der Waals surface area contributed by atoms with Crippen molar-refractivity contribution in [3.8, 4) is 5.75 Å². The summed E-state index contributed by atoms with van der Waals surface area (Å²) in [6, 6.07) is 6.39. The fourth-order valence-electron chi connectivity index (χ4n) is 1.27. The Labute approximate surface area is 101 Å². The summed E-state index contributed by atoms with van der Waals surface area (Å²) in [5, 5.41) is 9.08. The van der Waals surface area contributed by atoms with Crippen molar-refractivity contribution in [1.82, 2.24) is 4.72 Å². The smallest absolute Gasteiger partial charge is 0.211 e. The van der Waals surface area contributed by atoms with Gasteiger partial charge in [-0.05, 0) is 24.1 Å². The molecule has 17 heavy (non-hydrogen) atoms. The van der Waals surface area contributed by atoms with E-state index in [1.807, 2.05) is 0 Å². The van der Waals surface area contributed by atoms with Gasteiger partial charge in [0.1, 0.15) is 5.75 Å². The summed E-state index contributed by atoms with van der Waals surface area (Å²) in [4.78, 5) is 0. The van der Waals surface area contributed by atoms with Crippen molar-refractivity contribution in [2.75, 3.05) is 19.5 Å². The van der Waals surface area contributed by atoms with Crippen LogP contribution < -0.4 is 4.72 Å². The lowest BCUT2D eigenvalue weighted by atomic mass is 10.2. The van der Waals surface area contributed by atoms with E-state index in [1.54, 1.807) is 12.1 Å². The highest BCUT2D eigenvalue weighted by Crippen LogP contribution is 2.09. The minimum Gasteiger partial charge on any atom is -0.508 e. The summed E-state index contributed by atoms with van der Waals surface area (Å²) in [6.45, 7) is 0.662. The molecule has 96 valence electrons. The number of hydrogen-bond acceptors (Lipinski definition) is 4. The van der Waals surface area contributed by atoms with E-state index in [0.29, 0.717) is 13.0 Å². The van der Waals surface area contributed by atoms with E-state index in [-0.39, 0.29) is 18.0 Å². The van der Waals surface area contributed by atoms with Crippen molar-refractivity contribution in [3.63, 3.8) is 0 Å². The molecule has 2 N–H and O–H groups in total. The number of benzene rings is 1. The quantitative estimate of drug-likeness (QED) is 0.712. The predicted molar refractivity (Wildman–Crippen MR) is 65.2 cm³/mol. The van der Waals surface area contributed by atoms with Crippen molar-refractivity contribution in [2.45, 2.75) is 13.0 Å². The molecule has 6 heteroatoms. The summed E-state index contributed by atoms with van der Waals surface area (Å²) in [7, 11) is -1.72. The molecular weight excluding hydrogens is 242 g/mol. The van der Waals surface area contributed by atoms with E-state index in [1.165, 1.54) is 19.2 Å². The summed E-state index contributed by atoms with van der Waals surface area (Å²) < 4.78 is 30.3. The molecule has 0 spiro atoms. The number of aromatic hydroxyl groups is 1. The molecule has 1 aromatic carbocycles. The van der Waals surface area contributed by atoms with E-state index in [9.17, 15) is 8.42 Å². The van der Waals surface area contributed by atoms with Crippen LogP contribution in [-0.2, 0) is 21.3 Å². The van der Waals surface area contributed by atoms with Gasteiger partial charge in [0.05, 0.1) is 5.75 Å². The van der Waals surface area contributed by atoms with Gasteiger partial charge in [-0.25, -0.2) is 13.1 Å². The molecule has 5 nitrogen and oxygen atoms in total. The van der Waals surface area contributed by atoms with Gasteiger partial charge in [0.15, 0.2) is 0 Å². The van der Waals surface area contributed by atoms with E-state index in [0.717, 1.165) is 5.56 Å². The molecule has 0 saturated carbocycles. The number of nitrogens with one attached hydrogen (secondary N) is 1. The molecule has 0 atom stereocenters. The van der Waals surface area contributed by atoms with Gasteiger partial charge in [0.2, 0.25) is 10.0 Å². The second-order valence-electron chi connectivity index (χ2n) is 3.65. The largest absolute Gasteiger partial charge is 0.508 e. The zero-order chi connectivity index (χ0) is 12.7. The van der Waals surface area contributed by atoms with Gasteiger partial charge in [0.25, 0.3) is 0 Å². The van der Waals surface area contributed by atoms with Crippen LogP contribution in [0, 0.1) is 0 Å². The first kappa shape index (κ1) is 14.0. The van der Waals surface area contributed by atoms with Crippen LogP contribution in [0.5, 0.6) is 5.75 Å². The molecule has 0 bridgehead atoms. The summed E-state index contributed by atoms with van der Waals surface area (Å²) in [6.07, 6.45) is 0.474. The molecule has 0 unspecified atom stereocenters. The van der Waals surface area contributed by atoms with Gasteiger partial charge < -0.3 is 9.84 Å². The second kappa shape index (κ2) is 6.58. The zero-order valence-corrected chi connectivity index (χ0v) is 10.5. The van der Waals surface area contributed by atoms with Gasteiger partial charge >= 0.3 is 0 Å². The van der Waals surface area contributed by atoms with Crippen molar-refractivity contribution in [3.05, 3.63) is 29.8 Å². The normalized spacial score (nSPS) is 11.6. The van der Waals surface area contributed by atoms with E-state index < -0.39 is 10.0 Å². The van der Waals surface area contributed by atoms with E-state index in [4.69, 9.17) is 9.84 Å². The lowest BCUT2D eigenvalue weighted by molar-refractivity contribution is 0.199. The average Bonchev–Trinajstić information content (AvgIpc) is 2.29. The third-order valence-electron chi connectivity index (χ3n) is 2.19. The fraction of sp³-hybridized carbons (Fsp3) is 0.455. The highest BCUT2D eigenvalue weighted by Gasteiger charge is 2.09. The Kier molecular flexibility index (Phi) is 5.40. The maximum Gasteiger partial charge on any atom is 0.211 e. The Hall–Kier alpha value is -1.11. The number of sulfonamides is 1. The second-order valence-corrected chi connectivity index (χ2v) is 5.58. The van der Waals surface area contributed by atoms with Crippen molar-refractivity contribution in [2.24, 2.45) is 0 Å². The molecule has 0 amide bonds. The Morgan fingerprint density at radius 3 is 2.53 bits per heavy atom. The first-order valence-electron chi connectivity index (χ1n) is 5.28. The van der Waals surface area contributed by atoms with Crippen LogP contribution in [-0.4, -0.2) is 33.0 Å². The number of phenols is 1. The maximum absolute atomic E-state index is 11.5. The molecule has 1 aromatic rings. The third-order valence-corrected chi connectivity index (χ3v) is 3.60. The highest BCUT2D eigenvalue weighted by atomic mass is 32.2. The summed E-state index contributed by atoms with van der Waals surface area (Å²) in [5.41, 5.74) is 0.804. The van der Waals surface area contributed by atoms with Crippen LogP contribution in [0.2, 0.25) is 0 Å². The molecule has 0 radical (unpaired) electrons. The predicted octanol–water partition coefficient (Wildman–Crippen LogP) is 0.848. The van der Waals surface area contributed by atoms with E-state index in [2.05, 4.69) is 4.72 Å². The summed E-state index contributed by atoms with van der Waals surface area (Å²) in [5.74, 6) is 0.218. The topological polar surface area (TPSA) is 75.6 Å². The van der Waals surface area contributed by atoms with Gasteiger partial charge in [-0.3, -0.25) is 0 Å². The fourth-order valence-corrected chi connectivity index (χ4v) is 2.30. The van der Waals surface area contributed by atoms with Crippen molar-refractivity contribution in [1.29, 1.82) is 0 Å². The Morgan fingerprint density at radius 1 is 1.29 bits per heavy atom. The number of rotatable bonds is 7. The molecule has 0 fully saturated rings. The van der Waals surface area contributed by atoms with Crippen LogP contribution in [0.3, 0.4) is 0 Å². The van der Waals surface area contributed by atoms with Crippen molar-refractivity contribution < 1.29 is 18.3 Å². The highest BCUT2D eigenvalue weighted by molar-refractivity contribution is 7.89. The molecule has 0 saturated heterocycles. The Balaban J connectivity index is 2.41. The first-order chi connectivity index (χ1) is 8.03. The van der Waals surface area contributed by atoms with Crippen LogP contribution in [0.4, 0.5) is 0 Å². The van der Waals surface area contributed by atoms with Crippen molar-refractivity contribution >= 4 is 10.0 Å². The molecule has 1 rings (SSSR count). The maximum atomic E-state index is 11.5. The van der Waals surface area contributed by atoms with Gasteiger partial charge in [-0.15, -0.1) is 0 Å². The van der Waals surface area contributed by atoms with Gasteiger partial charge in [-0.2, -0.15) is 0 Å². The molecular formula is C11H17NO4S. The Bertz CT molecular complexity index is 427. The molecule has 0 aliphatic heterocycles. The van der Waals surface area contributed by atoms with Crippen LogP contribution in [0.15, 0.2) is 24.3 Å². The minimum atomic E-state index is -3.25. The zero-order valence-electron chi connectivity index (χ0n) is 9.72. The molecule has 0 aliphatic rings. The number of hydrogen-bond donors (Lipinski definition) is 2. The van der Waals surface area contributed by atoms with Crippen LogP contribution >= 0.6 is 0 Å². The number of methoxy groups -OCH3 is 1. The minimum absolute atomic E-state index is 0.0545. The molecule has 0 heterocycles. The molecule has 0 aliphatic carbocycles. The average molecular weight is 259 g/mol. The van der Waals surface area contributed by atoms with E-state index >= 15 is 0 Å².